The Balaban J connectivity index is 1.37. The SMILES string of the molecule is CC(C)(C)OC(=O)NCCC(=O)N1CCC(NC(=O)c2ccc3c(c2)OCO3)CC1. The summed E-state index contributed by atoms with van der Waals surface area (Å²) < 4.78 is 15.7. The Morgan fingerprint density at radius 3 is 2.53 bits per heavy atom. The fourth-order valence-electron chi connectivity index (χ4n) is 3.32. The zero-order valence-electron chi connectivity index (χ0n) is 17.7. The van der Waals surface area contributed by atoms with Crippen molar-refractivity contribution in [3.05, 3.63) is 23.8 Å². The molecule has 2 aliphatic rings. The topological polar surface area (TPSA) is 106 Å². The van der Waals surface area contributed by atoms with Crippen molar-refractivity contribution in [1.29, 1.82) is 0 Å². The van der Waals surface area contributed by atoms with Crippen molar-refractivity contribution in [1.82, 2.24) is 15.5 Å². The largest absolute Gasteiger partial charge is 0.454 e. The number of hydrogen-bond acceptors (Lipinski definition) is 6. The lowest BCUT2D eigenvalue weighted by molar-refractivity contribution is -0.132. The zero-order chi connectivity index (χ0) is 21.7. The van der Waals surface area contributed by atoms with Crippen molar-refractivity contribution in [2.45, 2.75) is 51.7 Å². The fraction of sp³-hybridized carbons (Fsp3) is 0.571. The molecule has 0 saturated carbocycles. The molecule has 1 aromatic carbocycles. The van der Waals surface area contributed by atoms with Gasteiger partial charge >= 0.3 is 6.09 Å². The van der Waals surface area contributed by atoms with E-state index in [4.69, 9.17) is 14.2 Å². The van der Waals surface area contributed by atoms with Gasteiger partial charge in [0.25, 0.3) is 5.91 Å². The Morgan fingerprint density at radius 1 is 1.13 bits per heavy atom. The molecule has 0 atom stereocenters. The minimum Gasteiger partial charge on any atom is -0.454 e. The van der Waals surface area contributed by atoms with Crippen LogP contribution in [0.15, 0.2) is 18.2 Å². The van der Waals surface area contributed by atoms with Crippen LogP contribution in [-0.2, 0) is 9.53 Å². The van der Waals surface area contributed by atoms with E-state index < -0.39 is 11.7 Å². The number of nitrogens with zero attached hydrogens (tertiary/aromatic N) is 1. The Bertz CT molecular complexity index is 796. The van der Waals surface area contributed by atoms with Gasteiger partial charge < -0.3 is 29.7 Å². The maximum Gasteiger partial charge on any atom is 0.407 e. The summed E-state index contributed by atoms with van der Waals surface area (Å²) >= 11 is 0. The van der Waals surface area contributed by atoms with E-state index >= 15 is 0 Å². The molecule has 0 aliphatic carbocycles. The van der Waals surface area contributed by atoms with Gasteiger partial charge in [-0.15, -0.1) is 0 Å². The molecule has 0 bridgehead atoms. The minimum absolute atomic E-state index is 0.00635. The van der Waals surface area contributed by atoms with Crippen molar-refractivity contribution in [3.63, 3.8) is 0 Å². The summed E-state index contributed by atoms with van der Waals surface area (Å²) in [6.45, 7) is 6.89. The number of hydrogen-bond donors (Lipinski definition) is 2. The molecule has 2 N–H and O–H groups in total. The van der Waals surface area contributed by atoms with Crippen LogP contribution in [0.4, 0.5) is 4.79 Å². The van der Waals surface area contributed by atoms with Crippen LogP contribution in [-0.4, -0.2) is 60.9 Å². The first-order chi connectivity index (χ1) is 14.2. The molecule has 1 saturated heterocycles. The Kier molecular flexibility index (Phi) is 6.69. The standard InChI is InChI=1S/C21H29N3O6/c1-21(2,3)30-20(27)22-9-6-18(25)24-10-7-15(8-11-24)23-19(26)14-4-5-16-17(12-14)29-13-28-16/h4-5,12,15H,6-11,13H2,1-3H3,(H,22,27)(H,23,26). The molecule has 30 heavy (non-hydrogen) atoms. The number of ether oxygens (including phenoxy) is 3. The van der Waals surface area contributed by atoms with Crippen LogP contribution in [0.1, 0.15) is 50.4 Å². The predicted octanol–water partition coefficient (Wildman–Crippen LogP) is 2.05. The van der Waals surface area contributed by atoms with Crippen LogP contribution >= 0.6 is 0 Å². The van der Waals surface area contributed by atoms with Crippen molar-refractivity contribution >= 4 is 17.9 Å². The van der Waals surface area contributed by atoms with E-state index in [9.17, 15) is 14.4 Å². The second kappa shape index (κ2) is 9.23. The second-order valence-electron chi connectivity index (χ2n) is 8.38. The normalized spacial score (nSPS) is 16.2. The molecular weight excluding hydrogens is 390 g/mol. The third-order valence-corrected chi connectivity index (χ3v) is 4.82. The number of rotatable bonds is 5. The molecule has 0 aromatic heterocycles. The van der Waals surface area contributed by atoms with Gasteiger partial charge in [-0.3, -0.25) is 9.59 Å². The van der Waals surface area contributed by atoms with Crippen LogP contribution in [0.25, 0.3) is 0 Å². The van der Waals surface area contributed by atoms with Gasteiger partial charge in [-0.25, -0.2) is 4.79 Å². The Labute approximate surface area is 176 Å². The molecule has 0 unspecified atom stereocenters. The first-order valence-corrected chi connectivity index (χ1v) is 10.2. The Morgan fingerprint density at radius 2 is 1.83 bits per heavy atom. The highest BCUT2D eigenvalue weighted by Gasteiger charge is 2.25. The fourth-order valence-corrected chi connectivity index (χ4v) is 3.32. The van der Waals surface area contributed by atoms with Gasteiger partial charge in [0.1, 0.15) is 5.60 Å². The molecule has 9 heteroatoms. The summed E-state index contributed by atoms with van der Waals surface area (Å²) in [6, 6.07) is 5.11. The van der Waals surface area contributed by atoms with Gasteiger partial charge in [-0.1, -0.05) is 0 Å². The molecule has 2 heterocycles. The quantitative estimate of drug-likeness (QED) is 0.757. The summed E-state index contributed by atoms with van der Waals surface area (Å²) in [7, 11) is 0. The van der Waals surface area contributed by atoms with Gasteiger partial charge in [0.2, 0.25) is 12.7 Å². The van der Waals surface area contributed by atoms with Gasteiger partial charge in [-0.2, -0.15) is 0 Å². The highest BCUT2D eigenvalue weighted by atomic mass is 16.7. The van der Waals surface area contributed by atoms with E-state index in [1.807, 2.05) is 0 Å². The van der Waals surface area contributed by atoms with Gasteiger partial charge in [0.15, 0.2) is 11.5 Å². The molecule has 164 valence electrons. The first-order valence-electron chi connectivity index (χ1n) is 10.2. The summed E-state index contributed by atoms with van der Waals surface area (Å²) in [5, 5.41) is 5.61. The van der Waals surface area contributed by atoms with Crippen LogP contribution in [0.5, 0.6) is 11.5 Å². The van der Waals surface area contributed by atoms with Crippen LogP contribution in [0.2, 0.25) is 0 Å². The minimum atomic E-state index is -0.568. The molecule has 9 nitrogen and oxygen atoms in total. The highest BCUT2D eigenvalue weighted by molar-refractivity contribution is 5.95. The molecule has 2 aliphatic heterocycles. The summed E-state index contributed by atoms with van der Waals surface area (Å²) in [4.78, 5) is 38.2. The number of nitrogens with one attached hydrogen (secondary N) is 2. The third-order valence-electron chi connectivity index (χ3n) is 4.82. The number of fused-ring (bicyclic) bond motifs is 1. The van der Waals surface area contributed by atoms with E-state index in [1.165, 1.54) is 0 Å². The first kappa shape index (κ1) is 21.7. The van der Waals surface area contributed by atoms with E-state index in [-0.39, 0.29) is 37.6 Å². The van der Waals surface area contributed by atoms with E-state index in [0.29, 0.717) is 43.0 Å². The highest BCUT2D eigenvalue weighted by Crippen LogP contribution is 2.32. The predicted molar refractivity (Wildman–Crippen MR) is 108 cm³/mol. The van der Waals surface area contributed by atoms with Gasteiger partial charge in [0, 0.05) is 37.7 Å². The second-order valence-corrected chi connectivity index (χ2v) is 8.38. The number of piperidine rings is 1. The number of benzene rings is 1. The smallest absolute Gasteiger partial charge is 0.407 e. The molecule has 1 aromatic rings. The number of alkyl carbamates (subject to hydrolysis) is 1. The summed E-state index contributed by atoms with van der Waals surface area (Å²) in [5.41, 5.74) is -0.0490. The molecule has 0 radical (unpaired) electrons. The average Bonchev–Trinajstić information content (AvgIpc) is 3.14. The maximum absolute atomic E-state index is 12.5. The van der Waals surface area contributed by atoms with Gasteiger partial charge in [-0.05, 0) is 51.8 Å². The molecule has 1 fully saturated rings. The molecule has 3 rings (SSSR count). The van der Waals surface area contributed by atoms with E-state index in [0.717, 1.165) is 0 Å². The zero-order valence-corrected chi connectivity index (χ0v) is 17.7. The summed E-state index contributed by atoms with van der Waals surface area (Å²) in [6.07, 6.45) is 1.05. The lowest BCUT2D eigenvalue weighted by atomic mass is 10.0. The van der Waals surface area contributed by atoms with Crippen molar-refractivity contribution in [2.75, 3.05) is 26.4 Å². The number of likely N-dealkylation sites (tertiary alicyclic amines) is 1. The van der Waals surface area contributed by atoms with Crippen molar-refractivity contribution in [3.8, 4) is 11.5 Å². The number of amides is 3. The number of carbonyl (C=O) groups is 3. The molecular formula is C21H29N3O6. The van der Waals surface area contributed by atoms with Crippen LogP contribution < -0.4 is 20.1 Å². The van der Waals surface area contributed by atoms with Crippen molar-refractivity contribution < 1.29 is 28.6 Å². The van der Waals surface area contributed by atoms with Crippen molar-refractivity contribution in [2.24, 2.45) is 0 Å². The summed E-state index contributed by atoms with van der Waals surface area (Å²) in [5.74, 6) is 1.02. The molecule has 3 amide bonds. The van der Waals surface area contributed by atoms with Crippen LogP contribution in [0.3, 0.4) is 0 Å². The monoisotopic (exact) mass is 419 g/mol. The number of carbonyl (C=O) groups excluding carboxylic acids is 3. The maximum atomic E-state index is 12.5. The van der Waals surface area contributed by atoms with E-state index in [2.05, 4.69) is 10.6 Å². The third kappa shape index (κ3) is 6.01. The molecule has 0 spiro atoms. The Hall–Kier alpha value is -2.97. The van der Waals surface area contributed by atoms with E-state index in [1.54, 1.807) is 43.9 Å². The average molecular weight is 419 g/mol. The lowest BCUT2D eigenvalue weighted by Gasteiger charge is -2.32. The van der Waals surface area contributed by atoms with Crippen LogP contribution in [0, 0.1) is 0 Å². The van der Waals surface area contributed by atoms with Gasteiger partial charge in [0.05, 0.1) is 0 Å². The lowest BCUT2D eigenvalue weighted by Crippen LogP contribution is -2.47.